The summed E-state index contributed by atoms with van der Waals surface area (Å²) in [5.74, 6) is 1.52. The SMILES string of the molecule is CC(COC1C=CS(=O)(=O)C1)C1CC1. The smallest absolute Gasteiger partial charge is 0.174 e. The zero-order chi connectivity index (χ0) is 10.2. The van der Waals surface area contributed by atoms with Crippen LogP contribution < -0.4 is 0 Å². The minimum Gasteiger partial charge on any atom is -0.373 e. The molecule has 1 aliphatic heterocycles. The van der Waals surface area contributed by atoms with Gasteiger partial charge in [0.25, 0.3) is 0 Å². The molecular weight excluding hydrogens is 200 g/mol. The van der Waals surface area contributed by atoms with Crippen LogP contribution in [0.1, 0.15) is 19.8 Å². The van der Waals surface area contributed by atoms with Crippen molar-refractivity contribution in [1.29, 1.82) is 0 Å². The molecule has 3 nitrogen and oxygen atoms in total. The average Bonchev–Trinajstić information content (AvgIpc) is 2.88. The van der Waals surface area contributed by atoms with E-state index in [0.29, 0.717) is 12.5 Å². The molecule has 1 aliphatic carbocycles. The molecule has 2 aliphatic rings. The van der Waals surface area contributed by atoms with Crippen LogP contribution in [-0.4, -0.2) is 26.9 Å². The summed E-state index contributed by atoms with van der Waals surface area (Å²) < 4.78 is 27.7. The molecular formula is C10H16O3S. The van der Waals surface area contributed by atoms with Crippen LogP contribution in [0.5, 0.6) is 0 Å². The number of hydrogen-bond acceptors (Lipinski definition) is 3. The summed E-state index contributed by atoms with van der Waals surface area (Å²) in [4.78, 5) is 0. The molecule has 0 radical (unpaired) electrons. The zero-order valence-electron chi connectivity index (χ0n) is 8.35. The average molecular weight is 216 g/mol. The number of ether oxygens (including phenoxy) is 1. The number of rotatable bonds is 4. The van der Waals surface area contributed by atoms with Crippen molar-refractivity contribution in [2.45, 2.75) is 25.9 Å². The monoisotopic (exact) mass is 216 g/mol. The summed E-state index contributed by atoms with van der Waals surface area (Å²) in [6, 6.07) is 0. The minimum absolute atomic E-state index is 0.129. The van der Waals surface area contributed by atoms with Gasteiger partial charge in [-0.3, -0.25) is 0 Å². The first kappa shape index (κ1) is 10.2. The third-order valence-corrected chi connectivity index (χ3v) is 4.26. The van der Waals surface area contributed by atoms with Crippen LogP contribution in [-0.2, 0) is 14.6 Å². The molecule has 4 heteroatoms. The molecule has 0 amide bonds. The van der Waals surface area contributed by atoms with Gasteiger partial charge in [0.2, 0.25) is 0 Å². The fourth-order valence-electron chi connectivity index (χ4n) is 1.73. The summed E-state index contributed by atoms with van der Waals surface area (Å²) in [5.41, 5.74) is 0. The Morgan fingerprint density at radius 3 is 2.71 bits per heavy atom. The van der Waals surface area contributed by atoms with Gasteiger partial charge >= 0.3 is 0 Å². The maximum atomic E-state index is 11.1. The van der Waals surface area contributed by atoms with Crippen LogP contribution in [0.3, 0.4) is 0 Å². The van der Waals surface area contributed by atoms with Crippen molar-refractivity contribution in [3.63, 3.8) is 0 Å². The lowest BCUT2D eigenvalue weighted by Crippen LogP contribution is -2.19. The lowest BCUT2D eigenvalue weighted by molar-refractivity contribution is 0.0693. The van der Waals surface area contributed by atoms with E-state index in [9.17, 15) is 8.42 Å². The third kappa shape index (κ3) is 2.58. The van der Waals surface area contributed by atoms with Crippen molar-refractivity contribution < 1.29 is 13.2 Å². The normalized spacial score (nSPS) is 31.9. The molecule has 0 aromatic carbocycles. The molecule has 0 bridgehead atoms. The molecule has 1 heterocycles. The van der Waals surface area contributed by atoms with Gasteiger partial charge in [0.1, 0.15) is 0 Å². The van der Waals surface area contributed by atoms with Gasteiger partial charge in [-0.1, -0.05) is 6.92 Å². The summed E-state index contributed by atoms with van der Waals surface area (Å²) in [5, 5.41) is 1.26. The largest absolute Gasteiger partial charge is 0.373 e. The van der Waals surface area contributed by atoms with E-state index in [4.69, 9.17) is 4.74 Å². The topological polar surface area (TPSA) is 43.4 Å². The molecule has 80 valence electrons. The van der Waals surface area contributed by atoms with E-state index in [1.165, 1.54) is 18.2 Å². The highest BCUT2D eigenvalue weighted by molar-refractivity contribution is 7.94. The molecule has 0 N–H and O–H groups in total. The summed E-state index contributed by atoms with van der Waals surface area (Å²) >= 11 is 0. The molecule has 1 fully saturated rings. The Bertz CT molecular complexity index is 327. The predicted molar refractivity (Wildman–Crippen MR) is 54.6 cm³/mol. The van der Waals surface area contributed by atoms with Crippen LogP contribution in [0.2, 0.25) is 0 Å². The molecule has 2 rings (SSSR count). The Hall–Kier alpha value is -0.350. The molecule has 14 heavy (non-hydrogen) atoms. The first-order chi connectivity index (χ1) is 6.57. The molecule has 0 aromatic heterocycles. The van der Waals surface area contributed by atoms with E-state index in [-0.39, 0.29) is 11.9 Å². The maximum Gasteiger partial charge on any atom is 0.174 e. The fraction of sp³-hybridized carbons (Fsp3) is 0.800. The Balaban J connectivity index is 1.74. The quantitative estimate of drug-likeness (QED) is 0.712. The van der Waals surface area contributed by atoms with Crippen LogP contribution in [0.4, 0.5) is 0 Å². The van der Waals surface area contributed by atoms with Crippen molar-refractivity contribution in [3.8, 4) is 0 Å². The van der Waals surface area contributed by atoms with Gasteiger partial charge in [-0.05, 0) is 30.8 Å². The second-order valence-electron chi connectivity index (χ2n) is 4.34. The molecule has 0 aromatic rings. The highest BCUT2D eigenvalue weighted by atomic mass is 32.2. The highest BCUT2D eigenvalue weighted by Crippen LogP contribution is 2.36. The molecule has 1 saturated carbocycles. The number of hydrogen-bond donors (Lipinski definition) is 0. The van der Waals surface area contributed by atoms with Crippen molar-refractivity contribution >= 4 is 9.84 Å². The van der Waals surface area contributed by atoms with E-state index >= 15 is 0 Å². The van der Waals surface area contributed by atoms with Gasteiger partial charge in [-0.15, -0.1) is 0 Å². The third-order valence-electron chi connectivity index (χ3n) is 2.90. The lowest BCUT2D eigenvalue weighted by Gasteiger charge is -2.13. The van der Waals surface area contributed by atoms with Crippen molar-refractivity contribution in [2.24, 2.45) is 11.8 Å². The van der Waals surface area contributed by atoms with E-state index in [0.717, 1.165) is 5.92 Å². The second-order valence-corrected chi connectivity index (χ2v) is 6.28. The lowest BCUT2D eigenvalue weighted by atomic mass is 10.1. The van der Waals surface area contributed by atoms with E-state index < -0.39 is 9.84 Å². The predicted octanol–water partition coefficient (Wildman–Crippen LogP) is 1.36. The van der Waals surface area contributed by atoms with Crippen LogP contribution in [0.25, 0.3) is 0 Å². The van der Waals surface area contributed by atoms with E-state index in [1.54, 1.807) is 6.08 Å². The second kappa shape index (κ2) is 3.66. The van der Waals surface area contributed by atoms with Gasteiger partial charge < -0.3 is 4.74 Å². The Labute approximate surface area is 85.1 Å². The zero-order valence-corrected chi connectivity index (χ0v) is 9.16. The molecule has 2 unspecified atom stereocenters. The molecule has 0 spiro atoms. The molecule has 2 atom stereocenters. The van der Waals surface area contributed by atoms with Gasteiger partial charge in [-0.2, -0.15) is 0 Å². The van der Waals surface area contributed by atoms with Crippen LogP contribution >= 0.6 is 0 Å². The van der Waals surface area contributed by atoms with Crippen LogP contribution in [0.15, 0.2) is 11.5 Å². The van der Waals surface area contributed by atoms with Crippen LogP contribution in [0, 0.1) is 11.8 Å². The van der Waals surface area contributed by atoms with Gasteiger partial charge in [-0.25, -0.2) is 8.42 Å². The van der Waals surface area contributed by atoms with Crippen molar-refractivity contribution in [2.75, 3.05) is 12.4 Å². The Morgan fingerprint density at radius 1 is 1.50 bits per heavy atom. The highest BCUT2D eigenvalue weighted by Gasteiger charge is 2.29. The van der Waals surface area contributed by atoms with Gasteiger partial charge in [0, 0.05) is 5.41 Å². The van der Waals surface area contributed by atoms with E-state index in [1.807, 2.05) is 0 Å². The molecule has 0 saturated heterocycles. The number of sulfone groups is 1. The van der Waals surface area contributed by atoms with Crippen molar-refractivity contribution in [3.05, 3.63) is 11.5 Å². The minimum atomic E-state index is -2.95. The first-order valence-corrected chi connectivity index (χ1v) is 6.81. The maximum absolute atomic E-state index is 11.1. The summed E-state index contributed by atoms with van der Waals surface area (Å²) in [6.07, 6.45) is 4.06. The Morgan fingerprint density at radius 2 is 2.21 bits per heavy atom. The fourth-order valence-corrected chi connectivity index (χ4v) is 2.92. The van der Waals surface area contributed by atoms with Crippen molar-refractivity contribution in [1.82, 2.24) is 0 Å². The standard InChI is InChI=1S/C10H16O3S/c1-8(9-2-3-9)6-13-10-4-5-14(11,12)7-10/h4-5,8-10H,2-3,6-7H2,1H3. The summed E-state index contributed by atoms with van der Waals surface area (Å²) in [7, 11) is -2.95. The first-order valence-electron chi connectivity index (χ1n) is 5.09. The van der Waals surface area contributed by atoms with Gasteiger partial charge in [0.15, 0.2) is 9.84 Å². The summed E-state index contributed by atoms with van der Waals surface area (Å²) in [6.45, 7) is 2.86. The Kier molecular flexibility index (Phi) is 2.66. The van der Waals surface area contributed by atoms with E-state index in [2.05, 4.69) is 6.92 Å². The van der Waals surface area contributed by atoms with Gasteiger partial charge in [0.05, 0.1) is 18.5 Å².